The molecule has 0 saturated carbocycles. The van der Waals surface area contributed by atoms with Crippen LogP contribution in [0.15, 0.2) is 91.5 Å². The van der Waals surface area contributed by atoms with Gasteiger partial charge >= 0.3 is 0 Å². The number of pyridine rings is 2. The van der Waals surface area contributed by atoms with Gasteiger partial charge in [0.25, 0.3) is 11.8 Å². The zero-order valence-electron chi connectivity index (χ0n) is 25.8. The number of aromatic nitrogens is 2. The molecule has 10 nitrogen and oxygen atoms in total. The van der Waals surface area contributed by atoms with Gasteiger partial charge in [0.2, 0.25) is 0 Å². The van der Waals surface area contributed by atoms with Crippen LogP contribution in [0.25, 0.3) is 0 Å². The van der Waals surface area contributed by atoms with E-state index in [0.29, 0.717) is 60.8 Å². The van der Waals surface area contributed by atoms with Crippen molar-refractivity contribution in [1.82, 2.24) is 19.6 Å². The van der Waals surface area contributed by atoms with Crippen LogP contribution < -0.4 is 14.4 Å². The number of benzene rings is 2. The van der Waals surface area contributed by atoms with E-state index in [-0.39, 0.29) is 23.9 Å². The van der Waals surface area contributed by atoms with Gasteiger partial charge in [0.05, 0.1) is 29.7 Å². The second-order valence-electron chi connectivity index (χ2n) is 11.3. The number of hydrogen-bond acceptors (Lipinski definition) is 8. The Bertz CT molecular complexity index is 1730. The molecule has 240 valence electrons. The molecule has 1 N–H and O–H groups in total. The number of carbonyl (C=O) groups is 2. The Hall–Kier alpha value is -4.89. The quantitative estimate of drug-likeness (QED) is 0.221. The lowest BCUT2D eigenvalue weighted by Gasteiger charge is -2.36. The second-order valence-corrected chi connectivity index (χ2v) is 12.5. The Kier molecular flexibility index (Phi) is 10.6. The van der Waals surface area contributed by atoms with Crippen molar-refractivity contribution in [2.75, 3.05) is 37.7 Å². The van der Waals surface area contributed by atoms with Crippen molar-refractivity contribution in [1.29, 1.82) is 0 Å². The fourth-order valence-electron chi connectivity index (χ4n) is 5.38. The molecule has 6 rings (SSSR count). The normalized spacial score (nSPS) is 16.8. The van der Waals surface area contributed by atoms with Crippen molar-refractivity contribution < 1.29 is 23.6 Å². The first kappa shape index (κ1) is 32.1. The van der Waals surface area contributed by atoms with Crippen LogP contribution in [0, 0.1) is 11.8 Å². The Morgan fingerprint density at radius 2 is 1.62 bits per heavy atom. The molecule has 2 aliphatic heterocycles. The third kappa shape index (κ3) is 8.89. The van der Waals surface area contributed by atoms with E-state index in [2.05, 4.69) is 31.4 Å². The topological polar surface area (TPSA) is 120 Å². The van der Waals surface area contributed by atoms with E-state index in [4.69, 9.17) is 9.47 Å². The molecule has 2 atom stereocenters. The first-order chi connectivity index (χ1) is 23.0. The maximum atomic E-state index is 13.3. The summed E-state index contributed by atoms with van der Waals surface area (Å²) < 4.78 is 26.5. The molecule has 47 heavy (non-hydrogen) atoms. The molecule has 0 spiro atoms. The third-order valence-corrected chi connectivity index (χ3v) is 8.87. The van der Waals surface area contributed by atoms with Gasteiger partial charge in [-0.25, -0.2) is 0 Å². The smallest absolute Gasteiger partial charge is 0.292 e. The molecule has 4 aromatic rings. The lowest BCUT2D eigenvalue weighted by molar-refractivity contribution is -0.106. The third-order valence-electron chi connectivity index (χ3n) is 7.86. The minimum absolute atomic E-state index is 0.0964. The zero-order valence-corrected chi connectivity index (χ0v) is 26.7. The first-order valence-corrected chi connectivity index (χ1v) is 16.9. The highest BCUT2D eigenvalue weighted by Crippen LogP contribution is 2.21. The van der Waals surface area contributed by atoms with E-state index in [1.54, 1.807) is 43.0 Å². The molecule has 2 aliphatic rings. The molecule has 2 aromatic heterocycles. The van der Waals surface area contributed by atoms with E-state index >= 15 is 0 Å². The zero-order chi connectivity index (χ0) is 32.4. The van der Waals surface area contributed by atoms with Crippen molar-refractivity contribution in [2.24, 2.45) is 0 Å². The lowest BCUT2D eigenvalue weighted by atomic mass is 10.1. The standard InChI is InChI=1S/C36H35N5O5S/c42-35(39-47(44)26-27-6-2-1-3-7-27)30-11-13-32(14-12-30)40-15-17-41(18-16-40)36(43)31-20-28(22-37-24-31)9-10-29-21-33(25-38-23-29)46-34-8-4-5-19-45-34/h1-3,6-7,11-14,20-25,34H,4-5,8,15-19,26H2,(H,39,42). The summed E-state index contributed by atoms with van der Waals surface area (Å²) in [6.45, 7) is 3.06. The number of nitrogens with one attached hydrogen (secondary N) is 1. The highest BCUT2D eigenvalue weighted by atomic mass is 32.2. The molecule has 2 unspecified atom stereocenters. The molecule has 0 radical (unpaired) electrons. The second kappa shape index (κ2) is 15.6. The van der Waals surface area contributed by atoms with Crippen LogP contribution in [0.5, 0.6) is 5.75 Å². The highest BCUT2D eigenvalue weighted by molar-refractivity contribution is 7.89. The fourth-order valence-corrected chi connectivity index (χ4v) is 6.27. The predicted molar refractivity (Wildman–Crippen MR) is 179 cm³/mol. The molecular weight excluding hydrogens is 614 g/mol. The van der Waals surface area contributed by atoms with Crippen LogP contribution in [0.1, 0.15) is 56.7 Å². The predicted octanol–water partition coefficient (Wildman–Crippen LogP) is 4.34. The minimum Gasteiger partial charge on any atom is -0.593 e. The summed E-state index contributed by atoms with van der Waals surface area (Å²) in [5, 5.41) is 0. The van der Waals surface area contributed by atoms with Crippen molar-refractivity contribution in [2.45, 2.75) is 31.3 Å². The van der Waals surface area contributed by atoms with Gasteiger partial charge in [-0.05, 0) is 49.2 Å². The van der Waals surface area contributed by atoms with E-state index in [1.807, 2.05) is 53.4 Å². The Morgan fingerprint density at radius 1 is 0.894 bits per heavy atom. The van der Waals surface area contributed by atoms with Gasteiger partial charge in [-0.1, -0.05) is 42.2 Å². The molecule has 2 fully saturated rings. The number of ether oxygens (including phenoxy) is 2. The summed E-state index contributed by atoms with van der Waals surface area (Å²) in [6.07, 6.45) is 9.24. The summed E-state index contributed by atoms with van der Waals surface area (Å²) in [6, 6.07) is 20.2. The highest BCUT2D eigenvalue weighted by Gasteiger charge is 2.23. The van der Waals surface area contributed by atoms with Gasteiger partial charge < -0.3 is 23.8 Å². The van der Waals surface area contributed by atoms with Crippen molar-refractivity contribution in [3.8, 4) is 17.6 Å². The van der Waals surface area contributed by atoms with Crippen LogP contribution in [0.4, 0.5) is 5.69 Å². The maximum absolute atomic E-state index is 13.3. The summed E-state index contributed by atoms with van der Waals surface area (Å²) in [5.74, 6) is 6.56. The van der Waals surface area contributed by atoms with E-state index in [0.717, 1.165) is 30.5 Å². The van der Waals surface area contributed by atoms with Crippen molar-refractivity contribution in [3.63, 3.8) is 0 Å². The summed E-state index contributed by atoms with van der Waals surface area (Å²) >= 11 is -1.52. The van der Waals surface area contributed by atoms with Crippen LogP contribution in [0.3, 0.4) is 0 Å². The van der Waals surface area contributed by atoms with E-state index < -0.39 is 11.4 Å². The summed E-state index contributed by atoms with van der Waals surface area (Å²) in [5.41, 5.74) is 4.08. The maximum Gasteiger partial charge on any atom is 0.292 e. The average molecular weight is 650 g/mol. The number of hydrogen-bond donors (Lipinski definition) is 1. The van der Waals surface area contributed by atoms with Gasteiger partial charge in [-0.15, -0.1) is 0 Å². The first-order valence-electron chi connectivity index (χ1n) is 15.6. The van der Waals surface area contributed by atoms with Gasteiger partial charge in [-0.2, -0.15) is 4.72 Å². The number of nitrogens with zero attached hydrogens (tertiary/aromatic N) is 4. The molecule has 0 bridgehead atoms. The number of rotatable bonds is 8. The molecule has 2 amide bonds. The minimum atomic E-state index is -1.52. The fraction of sp³-hybridized carbons (Fsp3) is 0.278. The number of piperazine rings is 1. The lowest BCUT2D eigenvalue weighted by Crippen LogP contribution is -2.48. The van der Waals surface area contributed by atoms with Crippen molar-refractivity contribution in [3.05, 3.63) is 119 Å². The Morgan fingerprint density at radius 3 is 2.34 bits per heavy atom. The van der Waals surface area contributed by atoms with Gasteiger partial charge in [-0.3, -0.25) is 19.6 Å². The molecule has 2 aromatic carbocycles. The Labute approximate surface area is 277 Å². The van der Waals surface area contributed by atoms with Crippen LogP contribution in [0.2, 0.25) is 0 Å². The van der Waals surface area contributed by atoms with Crippen LogP contribution >= 0.6 is 0 Å². The van der Waals surface area contributed by atoms with Crippen LogP contribution in [-0.2, 0) is 21.9 Å². The molecular formula is C36H35N5O5S. The average Bonchev–Trinajstić information content (AvgIpc) is 3.12. The van der Waals surface area contributed by atoms with Gasteiger partial charge in [0.1, 0.15) is 5.75 Å². The number of anilines is 1. The van der Waals surface area contributed by atoms with E-state index in [9.17, 15) is 14.1 Å². The van der Waals surface area contributed by atoms with Gasteiger partial charge in [0, 0.05) is 79.1 Å². The molecule has 11 heteroatoms. The summed E-state index contributed by atoms with van der Waals surface area (Å²) in [7, 11) is 0. The Balaban J connectivity index is 1.00. The number of amides is 2. The molecule has 0 aliphatic carbocycles. The van der Waals surface area contributed by atoms with Crippen LogP contribution in [-0.4, -0.2) is 70.3 Å². The monoisotopic (exact) mass is 649 g/mol. The van der Waals surface area contributed by atoms with E-state index in [1.165, 1.54) is 0 Å². The SMILES string of the molecule is O=C(N[S+]([O-])Cc1ccccc1)c1ccc(N2CCN(C(=O)c3cncc(C#Cc4cncc(OC5CCCCO5)c4)c3)CC2)cc1. The summed E-state index contributed by atoms with van der Waals surface area (Å²) in [4.78, 5) is 38.4. The number of carbonyl (C=O) groups excluding carboxylic acids is 2. The van der Waals surface area contributed by atoms with Gasteiger partial charge in [0.15, 0.2) is 12.0 Å². The molecule has 2 saturated heterocycles. The molecule has 4 heterocycles. The largest absolute Gasteiger partial charge is 0.593 e. The van der Waals surface area contributed by atoms with Crippen molar-refractivity contribution >= 4 is 28.9 Å².